The number of nitrogens with one attached hydrogen (secondary N) is 1. The highest BCUT2D eigenvalue weighted by Crippen LogP contribution is 2.32. The summed E-state index contributed by atoms with van der Waals surface area (Å²) in [6.45, 7) is 9.00. The van der Waals surface area contributed by atoms with E-state index >= 15 is 0 Å². The molecule has 4 heteroatoms. The van der Waals surface area contributed by atoms with Gasteiger partial charge in [-0.3, -0.25) is 4.90 Å². The summed E-state index contributed by atoms with van der Waals surface area (Å²) in [7, 11) is 0. The average Bonchev–Trinajstić information content (AvgIpc) is 3.33. The summed E-state index contributed by atoms with van der Waals surface area (Å²) in [4.78, 5) is 4.96. The van der Waals surface area contributed by atoms with E-state index in [4.69, 9.17) is 11.6 Å². The van der Waals surface area contributed by atoms with E-state index in [1.807, 2.05) is 12.1 Å². The van der Waals surface area contributed by atoms with Crippen LogP contribution < -0.4 is 10.2 Å². The van der Waals surface area contributed by atoms with Gasteiger partial charge in [0.05, 0.1) is 10.7 Å². The Morgan fingerprint density at radius 2 is 1.90 bits per heavy atom. The van der Waals surface area contributed by atoms with Gasteiger partial charge in [-0.2, -0.15) is 0 Å². The van der Waals surface area contributed by atoms with E-state index < -0.39 is 0 Å². The van der Waals surface area contributed by atoms with Gasteiger partial charge in [-0.25, -0.2) is 0 Å². The van der Waals surface area contributed by atoms with E-state index in [-0.39, 0.29) is 0 Å². The molecule has 0 bridgehead atoms. The van der Waals surface area contributed by atoms with Crippen molar-refractivity contribution in [2.24, 2.45) is 5.92 Å². The van der Waals surface area contributed by atoms with Crippen LogP contribution in [0.25, 0.3) is 0 Å². The molecule has 1 heterocycles. The molecule has 1 N–H and O–H groups in total. The molecular formula is C17H26ClN3. The molecule has 1 saturated carbocycles. The van der Waals surface area contributed by atoms with Crippen LogP contribution in [0.2, 0.25) is 5.02 Å². The third kappa shape index (κ3) is 4.12. The number of benzene rings is 1. The molecular weight excluding hydrogens is 282 g/mol. The fourth-order valence-electron chi connectivity index (χ4n) is 3.13. The van der Waals surface area contributed by atoms with E-state index in [9.17, 15) is 0 Å². The Morgan fingerprint density at radius 1 is 1.19 bits per heavy atom. The summed E-state index contributed by atoms with van der Waals surface area (Å²) in [5.74, 6) is 0.946. The summed E-state index contributed by atoms with van der Waals surface area (Å²) >= 11 is 6.28. The predicted molar refractivity (Wildman–Crippen MR) is 90.3 cm³/mol. The molecule has 21 heavy (non-hydrogen) atoms. The Bertz CT molecular complexity index is 453. The molecule has 0 aromatic heterocycles. The van der Waals surface area contributed by atoms with Gasteiger partial charge in [-0.05, 0) is 37.8 Å². The van der Waals surface area contributed by atoms with Gasteiger partial charge in [-0.1, -0.05) is 23.7 Å². The highest BCUT2D eigenvalue weighted by Gasteiger charge is 2.27. The van der Waals surface area contributed by atoms with Crippen LogP contribution in [0.1, 0.15) is 19.8 Å². The second-order valence-electron chi connectivity index (χ2n) is 6.36. The van der Waals surface area contributed by atoms with Crippen molar-refractivity contribution in [1.82, 2.24) is 10.2 Å². The predicted octanol–water partition coefficient (Wildman–Crippen LogP) is 2.85. The van der Waals surface area contributed by atoms with Crippen LogP contribution in [-0.4, -0.2) is 50.2 Å². The van der Waals surface area contributed by atoms with Crippen molar-refractivity contribution in [3.8, 4) is 0 Å². The molecule has 0 spiro atoms. The normalized spacial score (nSPS) is 21.5. The highest BCUT2D eigenvalue weighted by molar-refractivity contribution is 6.33. The number of para-hydroxylation sites is 1. The molecule has 1 atom stereocenters. The SMILES string of the molecule is CC(NCCN1CCN(c2ccccc2Cl)CC1)C1CC1. The maximum atomic E-state index is 6.28. The van der Waals surface area contributed by atoms with Crippen molar-refractivity contribution >= 4 is 17.3 Å². The number of hydrogen-bond donors (Lipinski definition) is 1. The first-order valence-electron chi connectivity index (χ1n) is 8.19. The number of anilines is 1. The number of hydrogen-bond acceptors (Lipinski definition) is 3. The zero-order valence-electron chi connectivity index (χ0n) is 12.9. The van der Waals surface area contributed by atoms with Crippen LogP contribution in [0.4, 0.5) is 5.69 Å². The van der Waals surface area contributed by atoms with Crippen molar-refractivity contribution in [2.45, 2.75) is 25.8 Å². The van der Waals surface area contributed by atoms with Crippen LogP contribution in [0.15, 0.2) is 24.3 Å². The first-order chi connectivity index (χ1) is 10.2. The molecule has 2 aliphatic rings. The number of halogens is 1. The first kappa shape index (κ1) is 15.1. The molecule has 1 aromatic carbocycles. The number of rotatable bonds is 6. The van der Waals surface area contributed by atoms with E-state index in [0.717, 1.165) is 50.2 Å². The van der Waals surface area contributed by atoms with Crippen LogP contribution >= 0.6 is 11.6 Å². The Labute approximate surface area is 133 Å². The van der Waals surface area contributed by atoms with Crippen molar-refractivity contribution in [3.63, 3.8) is 0 Å². The fourth-order valence-corrected chi connectivity index (χ4v) is 3.39. The van der Waals surface area contributed by atoms with E-state index in [1.165, 1.54) is 18.5 Å². The molecule has 1 aliphatic carbocycles. The molecule has 3 rings (SSSR count). The van der Waals surface area contributed by atoms with Gasteiger partial charge < -0.3 is 10.2 Å². The lowest BCUT2D eigenvalue weighted by Crippen LogP contribution is -2.48. The third-order valence-electron chi connectivity index (χ3n) is 4.79. The molecule has 0 amide bonds. The zero-order chi connectivity index (χ0) is 14.7. The summed E-state index contributed by atoms with van der Waals surface area (Å²) < 4.78 is 0. The molecule has 1 saturated heterocycles. The van der Waals surface area contributed by atoms with E-state index in [0.29, 0.717) is 6.04 Å². The zero-order valence-corrected chi connectivity index (χ0v) is 13.6. The Balaban J connectivity index is 1.39. The molecule has 0 radical (unpaired) electrons. The minimum atomic E-state index is 0.703. The van der Waals surface area contributed by atoms with Crippen LogP contribution in [0, 0.1) is 5.92 Å². The number of nitrogens with zero attached hydrogens (tertiary/aromatic N) is 2. The lowest BCUT2D eigenvalue weighted by molar-refractivity contribution is 0.253. The van der Waals surface area contributed by atoms with Crippen LogP contribution in [-0.2, 0) is 0 Å². The molecule has 2 fully saturated rings. The van der Waals surface area contributed by atoms with Gasteiger partial charge in [0.15, 0.2) is 0 Å². The van der Waals surface area contributed by atoms with Crippen LogP contribution in [0.5, 0.6) is 0 Å². The second kappa shape index (κ2) is 6.99. The molecule has 3 nitrogen and oxygen atoms in total. The molecule has 1 unspecified atom stereocenters. The maximum absolute atomic E-state index is 6.28. The summed E-state index contributed by atoms with van der Waals surface area (Å²) in [6.07, 6.45) is 2.84. The maximum Gasteiger partial charge on any atom is 0.0639 e. The van der Waals surface area contributed by atoms with Gasteiger partial charge in [0.25, 0.3) is 0 Å². The largest absolute Gasteiger partial charge is 0.368 e. The lowest BCUT2D eigenvalue weighted by Gasteiger charge is -2.36. The Hall–Kier alpha value is -0.770. The topological polar surface area (TPSA) is 18.5 Å². The first-order valence-corrected chi connectivity index (χ1v) is 8.57. The van der Waals surface area contributed by atoms with Gasteiger partial charge in [0.2, 0.25) is 0 Å². The van der Waals surface area contributed by atoms with E-state index in [1.54, 1.807) is 0 Å². The van der Waals surface area contributed by atoms with Crippen molar-refractivity contribution < 1.29 is 0 Å². The van der Waals surface area contributed by atoms with Crippen molar-refractivity contribution in [3.05, 3.63) is 29.3 Å². The summed E-state index contributed by atoms with van der Waals surface area (Å²) in [6, 6.07) is 8.86. The highest BCUT2D eigenvalue weighted by atomic mass is 35.5. The summed E-state index contributed by atoms with van der Waals surface area (Å²) in [5.41, 5.74) is 1.18. The molecule has 1 aliphatic heterocycles. The van der Waals surface area contributed by atoms with E-state index in [2.05, 4.69) is 34.2 Å². The Kier molecular flexibility index (Phi) is 5.04. The molecule has 116 valence electrons. The third-order valence-corrected chi connectivity index (χ3v) is 5.11. The minimum Gasteiger partial charge on any atom is -0.368 e. The summed E-state index contributed by atoms with van der Waals surface area (Å²) in [5, 5.41) is 4.53. The average molecular weight is 308 g/mol. The van der Waals surface area contributed by atoms with Gasteiger partial charge in [0, 0.05) is 45.3 Å². The van der Waals surface area contributed by atoms with Crippen molar-refractivity contribution in [2.75, 3.05) is 44.2 Å². The standard InChI is InChI=1S/C17H26ClN3/c1-14(15-6-7-15)19-8-9-20-10-12-21(13-11-20)17-5-3-2-4-16(17)18/h2-5,14-15,19H,6-13H2,1H3. The fraction of sp³-hybridized carbons (Fsp3) is 0.647. The minimum absolute atomic E-state index is 0.703. The monoisotopic (exact) mass is 307 g/mol. The lowest BCUT2D eigenvalue weighted by atomic mass is 10.2. The number of piperazine rings is 1. The van der Waals surface area contributed by atoms with Crippen molar-refractivity contribution in [1.29, 1.82) is 0 Å². The van der Waals surface area contributed by atoms with Gasteiger partial charge >= 0.3 is 0 Å². The molecule has 1 aromatic rings. The smallest absolute Gasteiger partial charge is 0.0639 e. The quantitative estimate of drug-likeness (QED) is 0.872. The second-order valence-corrected chi connectivity index (χ2v) is 6.77. The Morgan fingerprint density at radius 3 is 2.57 bits per heavy atom. The van der Waals surface area contributed by atoms with Crippen LogP contribution in [0.3, 0.4) is 0 Å². The van der Waals surface area contributed by atoms with Gasteiger partial charge in [-0.15, -0.1) is 0 Å². The van der Waals surface area contributed by atoms with Gasteiger partial charge in [0.1, 0.15) is 0 Å².